The van der Waals surface area contributed by atoms with Crippen LogP contribution in [0.1, 0.15) is 63.9 Å². The van der Waals surface area contributed by atoms with Crippen molar-refractivity contribution in [2.24, 2.45) is 11.8 Å². The Kier molecular flexibility index (Phi) is 14.3. The maximum Gasteiger partial charge on any atom is 1.00 e. The summed E-state index contributed by atoms with van der Waals surface area (Å²) in [7, 11) is -5.25. The Morgan fingerprint density at radius 1 is 1.12 bits per heavy atom. The Morgan fingerprint density at radius 3 is 2.41 bits per heavy atom. The second-order valence-electron chi connectivity index (χ2n) is 10.2. The molecule has 41 heavy (non-hydrogen) atoms. The minimum atomic E-state index is -5.25. The number of esters is 1. The van der Waals surface area contributed by atoms with Crippen LogP contribution in [0.3, 0.4) is 0 Å². The molecule has 2 fully saturated rings. The van der Waals surface area contributed by atoms with E-state index in [1.807, 2.05) is 0 Å². The first-order chi connectivity index (χ1) is 18.9. The summed E-state index contributed by atoms with van der Waals surface area (Å²) in [5.74, 6) is -2.79. The predicted molar refractivity (Wildman–Crippen MR) is 143 cm³/mol. The van der Waals surface area contributed by atoms with Crippen LogP contribution in [0.4, 0.5) is 4.79 Å². The van der Waals surface area contributed by atoms with Gasteiger partial charge in [-0.05, 0) is 42.9 Å². The number of carbonyl (C=O) groups excluding carboxylic acids is 4. The van der Waals surface area contributed by atoms with Gasteiger partial charge in [-0.3, -0.25) is 14.4 Å². The molecule has 3 amide bonds. The van der Waals surface area contributed by atoms with Crippen molar-refractivity contribution >= 4 is 45.6 Å². The van der Waals surface area contributed by atoms with E-state index in [1.165, 1.54) is 0 Å². The van der Waals surface area contributed by atoms with Gasteiger partial charge in [-0.25, -0.2) is 13.2 Å². The van der Waals surface area contributed by atoms with Crippen LogP contribution in [0, 0.1) is 11.8 Å². The van der Waals surface area contributed by atoms with E-state index in [1.54, 1.807) is 24.3 Å². The maximum atomic E-state index is 13.5. The van der Waals surface area contributed by atoms with Crippen LogP contribution >= 0.6 is 11.6 Å². The van der Waals surface area contributed by atoms with Crippen LogP contribution in [-0.4, -0.2) is 60.9 Å². The molecule has 222 valence electrons. The molecule has 2 aliphatic rings. The van der Waals surface area contributed by atoms with E-state index >= 15 is 0 Å². The van der Waals surface area contributed by atoms with Gasteiger partial charge in [-0.15, -0.1) is 0 Å². The molecule has 12 nitrogen and oxygen atoms in total. The maximum absolute atomic E-state index is 13.5. The average molecular weight is 624 g/mol. The molecule has 1 aromatic carbocycles. The molecule has 0 bridgehead atoms. The van der Waals surface area contributed by atoms with E-state index in [9.17, 15) is 32.1 Å². The van der Waals surface area contributed by atoms with Crippen LogP contribution in [0.5, 0.6) is 0 Å². The monoisotopic (exact) mass is 623 g/mol. The summed E-state index contributed by atoms with van der Waals surface area (Å²) < 4.78 is 46.3. The van der Waals surface area contributed by atoms with Crippen LogP contribution in [0.25, 0.3) is 0 Å². The molecule has 1 aliphatic heterocycles. The molecule has 0 aromatic heterocycles. The molecular weight excluding hydrogens is 589 g/mol. The van der Waals surface area contributed by atoms with Gasteiger partial charge in [0.15, 0.2) is 0 Å². The number of amides is 3. The number of halogens is 1. The van der Waals surface area contributed by atoms with E-state index < -0.39 is 51.5 Å². The van der Waals surface area contributed by atoms with Gasteiger partial charge in [-0.2, -0.15) is 0 Å². The van der Waals surface area contributed by atoms with Crippen LogP contribution < -0.4 is 45.5 Å². The van der Waals surface area contributed by atoms with Gasteiger partial charge in [0.2, 0.25) is 17.3 Å². The molecule has 1 saturated heterocycles. The number of nitrogens with one attached hydrogen (secondary N) is 3. The fourth-order valence-corrected chi connectivity index (χ4v) is 6.20. The minimum absolute atomic E-state index is 0. The number of hydrogen-bond donors (Lipinski definition) is 3. The first-order valence-corrected chi connectivity index (χ1v) is 15.1. The third-order valence-electron chi connectivity index (χ3n) is 7.09. The second kappa shape index (κ2) is 16.7. The first kappa shape index (κ1) is 35.3. The molecule has 0 spiro atoms. The Balaban J connectivity index is 0.00000588. The van der Waals surface area contributed by atoms with E-state index in [0.29, 0.717) is 23.6 Å². The number of benzene rings is 1. The summed E-state index contributed by atoms with van der Waals surface area (Å²) in [5.41, 5.74) is -1.62. The van der Waals surface area contributed by atoms with Gasteiger partial charge < -0.3 is 30.0 Å². The number of rotatable bonds is 12. The van der Waals surface area contributed by atoms with Crippen LogP contribution in [0.2, 0.25) is 5.02 Å². The van der Waals surface area contributed by atoms with E-state index in [4.69, 9.17) is 21.1 Å². The first-order valence-electron chi connectivity index (χ1n) is 13.3. The zero-order valence-corrected chi connectivity index (χ0v) is 26.8. The van der Waals surface area contributed by atoms with Gasteiger partial charge in [0.25, 0.3) is 0 Å². The van der Waals surface area contributed by atoms with Gasteiger partial charge in [-0.1, -0.05) is 55.8 Å². The molecule has 1 saturated carbocycles. The Hall–Kier alpha value is -1.90. The number of ether oxygens (including phenoxy) is 2. The molecule has 4 atom stereocenters. The van der Waals surface area contributed by atoms with Gasteiger partial charge in [0.05, 0.1) is 6.04 Å². The number of alkyl carbamates (subject to hydrolysis) is 1. The molecule has 3 rings (SSSR count). The summed E-state index contributed by atoms with van der Waals surface area (Å²) >= 11 is 5.97. The fraction of sp³-hybridized carbons (Fsp3) is 0.615. The topological polar surface area (TPSA) is 180 Å². The molecule has 15 heteroatoms. The quantitative estimate of drug-likeness (QED) is 0.155. The van der Waals surface area contributed by atoms with E-state index in [-0.39, 0.29) is 60.8 Å². The minimum Gasteiger partial charge on any atom is -0.745 e. The number of carbonyl (C=O) groups is 4. The Morgan fingerprint density at radius 2 is 1.83 bits per heavy atom. The molecule has 1 aliphatic carbocycles. The van der Waals surface area contributed by atoms with Crippen LogP contribution in [0.15, 0.2) is 24.3 Å². The van der Waals surface area contributed by atoms with Gasteiger partial charge in [0.1, 0.15) is 22.8 Å². The van der Waals surface area contributed by atoms with E-state index in [0.717, 1.165) is 39.0 Å². The predicted octanol–water partition coefficient (Wildman–Crippen LogP) is -0.645. The SMILES string of the molecule is CC(=O)OC([C@H](C[C@@H]1CCNC1=O)NC(=O)[C@H](CC1CCCCC1)NC(=O)OCc1cccc(Cl)c1)S(=O)(=O)[O-].[Na+]. The Bertz CT molecular complexity index is 1180. The van der Waals surface area contributed by atoms with E-state index in [2.05, 4.69) is 16.0 Å². The van der Waals surface area contributed by atoms with Gasteiger partial charge in [0, 0.05) is 24.4 Å². The zero-order chi connectivity index (χ0) is 29.3. The molecule has 1 aromatic rings. The summed E-state index contributed by atoms with van der Waals surface area (Å²) in [6.07, 6.45) is 4.16. The third-order valence-corrected chi connectivity index (χ3v) is 8.31. The Labute approximate surface area is 267 Å². The van der Waals surface area contributed by atoms with Crippen molar-refractivity contribution in [3.05, 3.63) is 34.9 Å². The largest absolute Gasteiger partial charge is 1.00 e. The van der Waals surface area contributed by atoms with Crippen LogP contribution in [-0.2, 0) is 40.6 Å². The van der Waals surface area contributed by atoms with Gasteiger partial charge >= 0.3 is 41.6 Å². The normalized spacial score (nSPS) is 19.6. The second-order valence-corrected chi connectivity index (χ2v) is 12.1. The van der Waals surface area contributed by atoms with Crippen molar-refractivity contribution in [3.8, 4) is 0 Å². The van der Waals surface area contributed by atoms with Crippen molar-refractivity contribution in [3.63, 3.8) is 0 Å². The fourth-order valence-electron chi connectivity index (χ4n) is 5.15. The van der Waals surface area contributed by atoms with Crippen molar-refractivity contribution < 1.29 is 71.2 Å². The molecular formula is C26H35ClN3NaO9S. The summed E-state index contributed by atoms with van der Waals surface area (Å²) in [5, 5.41) is 8.12. The van der Waals surface area contributed by atoms with Crippen molar-refractivity contribution in [1.82, 2.24) is 16.0 Å². The summed E-state index contributed by atoms with van der Waals surface area (Å²) in [6, 6.07) is 4.06. The third kappa shape index (κ3) is 11.7. The zero-order valence-electron chi connectivity index (χ0n) is 23.2. The summed E-state index contributed by atoms with van der Waals surface area (Å²) in [4.78, 5) is 50.1. The van der Waals surface area contributed by atoms with Crippen molar-refractivity contribution in [1.29, 1.82) is 0 Å². The molecule has 1 unspecified atom stereocenters. The smallest absolute Gasteiger partial charge is 0.745 e. The number of hydrogen-bond acceptors (Lipinski definition) is 9. The van der Waals surface area contributed by atoms with Crippen molar-refractivity contribution in [2.75, 3.05) is 6.54 Å². The summed E-state index contributed by atoms with van der Waals surface area (Å²) in [6.45, 7) is 1.17. The molecule has 0 radical (unpaired) electrons. The molecule has 1 heterocycles. The average Bonchev–Trinajstić information content (AvgIpc) is 3.29. The van der Waals surface area contributed by atoms with Crippen molar-refractivity contribution in [2.45, 2.75) is 82.4 Å². The molecule has 3 N–H and O–H groups in total. The standard InChI is InChI=1S/C26H36ClN3O9S.Na/c1-16(31)39-25(40(35,36)37)22(14-19-10-11-28-23(19)32)29-24(33)21(13-17-6-3-2-4-7-17)30-26(34)38-15-18-8-5-9-20(27)12-18;/h5,8-9,12,17,19,21-22,25H,2-4,6-7,10-11,13-15H2,1H3,(H,28,32)(H,29,33)(H,30,34)(H,35,36,37);/q;+1/p-1/t19-,21-,22-,25?;/m0./s1.